The summed E-state index contributed by atoms with van der Waals surface area (Å²) < 4.78 is 0. The Balaban J connectivity index is 1.86. The second-order valence-corrected chi connectivity index (χ2v) is 6.38. The molecule has 2 rings (SSSR count). The molecule has 1 amide bonds. The molecule has 0 aliphatic carbocycles. The molecule has 116 valence electrons. The average molecular weight is 290 g/mol. The summed E-state index contributed by atoms with van der Waals surface area (Å²) in [5, 5.41) is 16.6. The van der Waals surface area contributed by atoms with Crippen LogP contribution in [0.15, 0.2) is 30.3 Å². The molecule has 1 aliphatic rings. The predicted octanol–water partition coefficient (Wildman–Crippen LogP) is 2.00. The summed E-state index contributed by atoms with van der Waals surface area (Å²) in [6.45, 7) is 5.68. The maximum atomic E-state index is 12.4. The number of piperidine rings is 1. The number of amides is 1. The van der Waals surface area contributed by atoms with Crippen molar-refractivity contribution in [2.24, 2.45) is 5.41 Å². The monoisotopic (exact) mass is 290 g/mol. The highest BCUT2D eigenvalue weighted by Crippen LogP contribution is 2.26. The molecule has 1 aliphatic heterocycles. The number of benzene rings is 1. The fourth-order valence-electron chi connectivity index (χ4n) is 2.85. The van der Waals surface area contributed by atoms with Gasteiger partial charge in [0, 0.05) is 12.6 Å². The van der Waals surface area contributed by atoms with E-state index < -0.39 is 6.10 Å². The molecule has 0 radical (unpaired) electrons. The molecule has 1 aromatic carbocycles. The summed E-state index contributed by atoms with van der Waals surface area (Å²) in [6, 6.07) is 9.52. The molecular formula is C17H26N2O2. The fourth-order valence-corrected chi connectivity index (χ4v) is 2.85. The van der Waals surface area contributed by atoms with Gasteiger partial charge in [-0.15, -0.1) is 0 Å². The second kappa shape index (κ2) is 7.05. The lowest BCUT2D eigenvalue weighted by atomic mass is 9.81. The van der Waals surface area contributed by atoms with Crippen molar-refractivity contribution in [3.05, 3.63) is 35.9 Å². The molecule has 4 nitrogen and oxygen atoms in total. The van der Waals surface area contributed by atoms with E-state index in [0.717, 1.165) is 31.5 Å². The van der Waals surface area contributed by atoms with Crippen molar-refractivity contribution in [1.29, 1.82) is 0 Å². The molecule has 4 heteroatoms. The number of rotatable bonds is 5. The van der Waals surface area contributed by atoms with Gasteiger partial charge in [0.1, 0.15) is 0 Å². The van der Waals surface area contributed by atoms with Crippen molar-refractivity contribution < 1.29 is 9.90 Å². The number of nitrogens with one attached hydrogen (secondary N) is 2. The molecule has 3 N–H and O–H groups in total. The van der Waals surface area contributed by atoms with Gasteiger partial charge in [0.25, 0.3) is 0 Å². The molecule has 0 saturated carbocycles. The number of aliphatic hydroxyl groups excluding tert-OH is 1. The van der Waals surface area contributed by atoms with Gasteiger partial charge in [-0.3, -0.25) is 4.79 Å². The normalized spacial score (nSPS) is 25.1. The van der Waals surface area contributed by atoms with Crippen molar-refractivity contribution in [3.8, 4) is 0 Å². The third-order valence-electron chi connectivity index (χ3n) is 4.28. The Hall–Kier alpha value is -1.39. The van der Waals surface area contributed by atoms with Crippen LogP contribution in [-0.2, 0) is 4.79 Å². The van der Waals surface area contributed by atoms with Gasteiger partial charge in [-0.25, -0.2) is 0 Å². The Morgan fingerprint density at radius 1 is 1.43 bits per heavy atom. The van der Waals surface area contributed by atoms with E-state index in [1.807, 2.05) is 44.2 Å². The van der Waals surface area contributed by atoms with E-state index in [0.29, 0.717) is 6.42 Å². The molecule has 0 bridgehead atoms. The minimum Gasteiger partial charge on any atom is -0.388 e. The Morgan fingerprint density at radius 3 is 2.76 bits per heavy atom. The number of hydrogen-bond donors (Lipinski definition) is 3. The molecule has 0 spiro atoms. The van der Waals surface area contributed by atoms with Crippen molar-refractivity contribution in [3.63, 3.8) is 0 Å². The summed E-state index contributed by atoms with van der Waals surface area (Å²) in [5.74, 6) is 0.0856. The Bertz CT molecular complexity index is 455. The van der Waals surface area contributed by atoms with E-state index in [2.05, 4.69) is 10.6 Å². The highest BCUT2D eigenvalue weighted by atomic mass is 16.3. The standard InChI is InChI=1S/C17H26N2O2/c1-13(11-15(20)14-7-4-3-5-8-14)19-16(21)17(2)9-6-10-18-12-17/h3-5,7-8,13,15,18,20H,6,9-12H2,1-2H3,(H,19,21). The van der Waals surface area contributed by atoms with Gasteiger partial charge in [0.2, 0.25) is 5.91 Å². The topological polar surface area (TPSA) is 61.4 Å². The maximum Gasteiger partial charge on any atom is 0.227 e. The Kier molecular flexibility index (Phi) is 5.37. The zero-order valence-electron chi connectivity index (χ0n) is 12.9. The van der Waals surface area contributed by atoms with Crippen LogP contribution >= 0.6 is 0 Å². The molecule has 1 fully saturated rings. The number of aliphatic hydroxyl groups is 1. The van der Waals surface area contributed by atoms with Crippen LogP contribution in [0.4, 0.5) is 0 Å². The summed E-state index contributed by atoms with van der Waals surface area (Å²) in [7, 11) is 0. The van der Waals surface area contributed by atoms with Crippen LogP contribution in [-0.4, -0.2) is 30.1 Å². The van der Waals surface area contributed by atoms with Crippen molar-refractivity contribution in [2.45, 2.75) is 45.3 Å². The molecule has 1 aromatic rings. The Labute approximate surface area is 126 Å². The lowest BCUT2D eigenvalue weighted by Crippen LogP contribution is -2.50. The van der Waals surface area contributed by atoms with Crippen molar-refractivity contribution in [2.75, 3.05) is 13.1 Å². The van der Waals surface area contributed by atoms with Crippen LogP contribution < -0.4 is 10.6 Å². The average Bonchev–Trinajstić information content (AvgIpc) is 2.48. The van der Waals surface area contributed by atoms with Crippen LogP contribution in [0.2, 0.25) is 0 Å². The maximum absolute atomic E-state index is 12.4. The lowest BCUT2D eigenvalue weighted by molar-refractivity contribution is -0.131. The Morgan fingerprint density at radius 2 is 2.14 bits per heavy atom. The molecule has 3 unspecified atom stereocenters. The van der Waals surface area contributed by atoms with Crippen LogP contribution in [0.25, 0.3) is 0 Å². The van der Waals surface area contributed by atoms with E-state index >= 15 is 0 Å². The SMILES string of the molecule is CC(CC(O)c1ccccc1)NC(=O)C1(C)CCCNC1. The third kappa shape index (κ3) is 4.29. The molecule has 3 atom stereocenters. The molecule has 0 aromatic heterocycles. The highest BCUT2D eigenvalue weighted by Gasteiger charge is 2.35. The zero-order chi connectivity index (χ0) is 15.3. The van der Waals surface area contributed by atoms with Gasteiger partial charge in [-0.1, -0.05) is 30.3 Å². The largest absolute Gasteiger partial charge is 0.388 e. The van der Waals surface area contributed by atoms with Gasteiger partial charge in [-0.2, -0.15) is 0 Å². The van der Waals surface area contributed by atoms with Gasteiger partial charge < -0.3 is 15.7 Å². The number of hydrogen-bond acceptors (Lipinski definition) is 3. The lowest BCUT2D eigenvalue weighted by Gasteiger charge is -2.34. The fraction of sp³-hybridized carbons (Fsp3) is 0.588. The minimum absolute atomic E-state index is 0.0496. The van der Waals surface area contributed by atoms with Crippen LogP contribution in [0.1, 0.15) is 44.8 Å². The summed E-state index contributed by atoms with van der Waals surface area (Å²) >= 11 is 0. The number of carbonyl (C=O) groups excluding carboxylic acids is 1. The first-order valence-corrected chi connectivity index (χ1v) is 7.76. The van der Waals surface area contributed by atoms with Gasteiger partial charge >= 0.3 is 0 Å². The zero-order valence-corrected chi connectivity index (χ0v) is 12.9. The van der Waals surface area contributed by atoms with E-state index in [1.54, 1.807) is 0 Å². The second-order valence-electron chi connectivity index (χ2n) is 6.38. The molecule has 21 heavy (non-hydrogen) atoms. The highest BCUT2D eigenvalue weighted by molar-refractivity contribution is 5.82. The summed E-state index contributed by atoms with van der Waals surface area (Å²) in [4.78, 5) is 12.4. The summed E-state index contributed by atoms with van der Waals surface area (Å²) in [5.41, 5.74) is 0.564. The first-order valence-electron chi connectivity index (χ1n) is 7.76. The van der Waals surface area contributed by atoms with E-state index in [-0.39, 0.29) is 17.4 Å². The van der Waals surface area contributed by atoms with Gasteiger partial charge in [0.15, 0.2) is 0 Å². The van der Waals surface area contributed by atoms with E-state index in [1.165, 1.54) is 0 Å². The molecule has 1 heterocycles. The van der Waals surface area contributed by atoms with Crippen molar-refractivity contribution in [1.82, 2.24) is 10.6 Å². The first-order chi connectivity index (χ1) is 10.0. The van der Waals surface area contributed by atoms with E-state index in [4.69, 9.17) is 0 Å². The van der Waals surface area contributed by atoms with Crippen LogP contribution in [0.5, 0.6) is 0 Å². The third-order valence-corrected chi connectivity index (χ3v) is 4.28. The smallest absolute Gasteiger partial charge is 0.227 e. The molecule has 1 saturated heterocycles. The summed E-state index contributed by atoms with van der Waals surface area (Å²) in [6.07, 6.45) is 1.93. The predicted molar refractivity (Wildman–Crippen MR) is 83.8 cm³/mol. The minimum atomic E-state index is -0.543. The van der Waals surface area contributed by atoms with Crippen LogP contribution in [0.3, 0.4) is 0 Å². The van der Waals surface area contributed by atoms with Crippen molar-refractivity contribution >= 4 is 5.91 Å². The number of carbonyl (C=O) groups is 1. The molecular weight excluding hydrogens is 264 g/mol. The first kappa shape index (κ1) is 16.0. The van der Waals surface area contributed by atoms with Gasteiger partial charge in [0.05, 0.1) is 11.5 Å². The van der Waals surface area contributed by atoms with E-state index in [9.17, 15) is 9.90 Å². The van der Waals surface area contributed by atoms with Crippen LogP contribution in [0, 0.1) is 5.41 Å². The quantitative estimate of drug-likeness (QED) is 0.777. The van der Waals surface area contributed by atoms with Gasteiger partial charge in [-0.05, 0) is 45.2 Å².